The largest absolute Gasteiger partial charge is 0.481 e. The first-order chi connectivity index (χ1) is 30.2. The molecule has 12 N–H and O–H groups in total. The van der Waals surface area contributed by atoms with Gasteiger partial charge >= 0.3 is 5.97 Å². The second kappa shape index (κ2) is 16.1. The summed E-state index contributed by atoms with van der Waals surface area (Å²) in [6.07, 6.45) is 3.91. The van der Waals surface area contributed by atoms with Gasteiger partial charge in [0.1, 0.15) is 18.3 Å². The number of carboxylic acid groups (broad SMARTS) is 1. The van der Waals surface area contributed by atoms with Crippen molar-refractivity contribution in [1.29, 1.82) is 0 Å². The van der Waals surface area contributed by atoms with E-state index in [2.05, 4.69) is 54.4 Å². The summed E-state index contributed by atoms with van der Waals surface area (Å²) in [4.78, 5) is 34.8. The Hall–Kier alpha value is -2.51. The molecule has 8 aliphatic rings. The number of nitrogens with two attached hydrogens (primary N) is 1. The summed E-state index contributed by atoms with van der Waals surface area (Å²) in [5.74, 6) is -1.83. The van der Waals surface area contributed by atoms with Gasteiger partial charge in [0.25, 0.3) is 0 Å². The number of aromatic nitrogens is 2. The zero-order valence-corrected chi connectivity index (χ0v) is 38.3. The number of hydrogen-bond acceptors (Lipinski definition) is 13. The number of aliphatic hydroxyl groups excluding tert-OH is 6. The Morgan fingerprint density at radius 1 is 1.03 bits per heavy atom. The van der Waals surface area contributed by atoms with Crippen LogP contribution in [0.2, 0.25) is 0 Å². The number of aliphatic carboxylic acids is 1. The molecule has 1 aromatic heterocycles. The number of piperidine rings is 1. The Kier molecular flexibility index (Phi) is 11.7. The standard InChI is InChI=1S/C48H75N5O11/c1-42(22-54)10-12-47(41(61)62)13-11-44(3)27(28(47)17-42)8-9-32-45(44,4)18-29-37-43(2,23-55)39(64-40-36(59)35(58)31(56)20-63-40)38(60)48(21-51-29,46(32,37)5)16-25-15-33(57)53-34(25)26(7-6-14-49)30-19-50-24-52-30/h8,19,24-26,28-29,31-32,34-40,51,54-56,58-60H,6-7,9-18,20-23,49H2,1-5H3,(H,50,52)(H,53,57)(H,61,62)/t25-,26-,28+,29+,31-,32+,34+,35+,36-,37-,38+,39-,40+,42+,43+,44-,45-,46-,47+,48+/m1/s1. The van der Waals surface area contributed by atoms with E-state index in [1.807, 2.05) is 6.92 Å². The molecule has 0 unspecified atom stereocenters. The van der Waals surface area contributed by atoms with Crippen LogP contribution in [0.5, 0.6) is 0 Å². The summed E-state index contributed by atoms with van der Waals surface area (Å²) in [6, 6.07) is -0.496. The van der Waals surface area contributed by atoms with Crippen molar-refractivity contribution in [3.8, 4) is 0 Å². The van der Waals surface area contributed by atoms with E-state index in [0.29, 0.717) is 70.9 Å². The van der Waals surface area contributed by atoms with Crippen molar-refractivity contribution in [2.75, 3.05) is 32.9 Å². The minimum atomic E-state index is -1.62. The summed E-state index contributed by atoms with van der Waals surface area (Å²) in [6.45, 7) is 11.3. The van der Waals surface area contributed by atoms with Crippen LogP contribution in [0.1, 0.15) is 117 Å². The number of carbonyl (C=O) groups excluding carboxylic acids is 1. The average molecular weight is 898 g/mol. The van der Waals surface area contributed by atoms with E-state index in [1.54, 1.807) is 12.5 Å². The Labute approximate surface area is 376 Å². The van der Waals surface area contributed by atoms with Crippen LogP contribution >= 0.6 is 0 Å². The smallest absolute Gasteiger partial charge is 0.310 e. The third kappa shape index (κ3) is 6.32. The Morgan fingerprint density at radius 2 is 1.78 bits per heavy atom. The number of rotatable bonds is 12. The fraction of sp³-hybridized carbons (Fsp3) is 0.854. The van der Waals surface area contributed by atoms with Gasteiger partial charge in [-0.2, -0.15) is 0 Å². The number of imidazole rings is 1. The highest BCUT2D eigenvalue weighted by Gasteiger charge is 2.80. The fourth-order valence-corrected chi connectivity index (χ4v) is 16.8. The first kappa shape index (κ1) is 46.6. The van der Waals surface area contributed by atoms with Crippen LogP contribution in [0.3, 0.4) is 0 Å². The summed E-state index contributed by atoms with van der Waals surface area (Å²) in [5, 5.41) is 86.8. The van der Waals surface area contributed by atoms with Gasteiger partial charge in [0.15, 0.2) is 6.29 Å². The van der Waals surface area contributed by atoms with Crippen molar-refractivity contribution in [2.45, 2.75) is 160 Å². The Balaban J connectivity index is 1.19. The number of amides is 1. The van der Waals surface area contributed by atoms with Crippen molar-refractivity contribution in [3.05, 3.63) is 29.9 Å². The number of ether oxygens (including phenoxy) is 2. The molecule has 4 bridgehead atoms. The summed E-state index contributed by atoms with van der Waals surface area (Å²) in [7, 11) is 0. The van der Waals surface area contributed by atoms with Crippen molar-refractivity contribution in [3.63, 3.8) is 0 Å². The van der Waals surface area contributed by atoms with E-state index in [1.165, 1.54) is 5.57 Å². The molecule has 9 rings (SSSR count). The predicted octanol–water partition coefficient (Wildman–Crippen LogP) is 1.93. The van der Waals surface area contributed by atoms with Crippen LogP contribution in [0.15, 0.2) is 24.2 Å². The SMILES string of the molecule is C[C@]1(CO)CC[C@]2(C(=O)O)CC[C@]3(C)C(=CC[C@@H]4[C@]5(C)[C@@H]6[C@H](C[C@]43C)NC[C@@]5(C[C@H]3CC(=O)N[C@@H]3[C@H](CCCN)c3cnc[nH]3)[C@@H](O)[C@@H](O[C@@H]3OC[C@@H](O)[C@H](O)[C@H]3O)[C@@]6(C)CO)[C@@H]2C1. The maximum Gasteiger partial charge on any atom is 0.310 e. The summed E-state index contributed by atoms with van der Waals surface area (Å²) < 4.78 is 12.6. The Morgan fingerprint density at radius 3 is 2.45 bits per heavy atom. The van der Waals surface area contributed by atoms with E-state index >= 15 is 0 Å². The molecule has 3 aliphatic heterocycles. The topological polar surface area (TPSA) is 273 Å². The number of aliphatic hydroxyl groups is 6. The number of nitrogens with zero attached hydrogens (tertiary/aromatic N) is 1. The van der Waals surface area contributed by atoms with Gasteiger partial charge in [0.2, 0.25) is 5.91 Å². The van der Waals surface area contributed by atoms with Crippen LogP contribution in [0.25, 0.3) is 0 Å². The van der Waals surface area contributed by atoms with Crippen LogP contribution in [-0.4, -0.2) is 139 Å². The lowest BCUT2D eigenvalue weighted by Gasteiger charge is -2.80. The van der Waals surface area contributed by atoms with E-state index < -0.39 is 80.7 Å². The molecule has 5 aliphatic carbocycles. The van der Waals surface area contributed by atoms with Gasteiger partial charge in [-0.3, -0.25) is 9.59 Å². The molecule has 3 saturated heterocycles. The molecule has 16 nitrogen and oxygen atoms in total. The molecule has 358 valence electrons. The third-order valence-electron chi connectivity index (χ3n) is 20.5. The number of aromatic amines is 1. The first-order valence-corrected chi connectivity index (χ1v) is 24.1. The number of fused-ring (bicyclic) bond motifs is 5. The normalized spacial score (nSPS) is 51.2. The second-order valence-corrected chi connectivity index (χ2v) is 23.2. The van der Waals surface area contributed by atoms with E-state index in [-0.39, 0.29) is 73.8 Å². The van der Waals surface area contributed by atoms with E-state index in [0.717, 1.165) is 12.1 Å². The maximum atomic E-state index is 13.8. The van der Waals surface area contributed by atoms with Gasteiger partial charge in [-0.15, -0.1) is 0 Å². The molecule has 16 heteroatoms. The lowest BCUT2D eigenvalue weighted by molar-refractivity contribution is -0.370. The lowest BCUT2D eigenvalue weighted by Crippen LogP contribution is -2.84. The average Bonchev–Trinajstić information content (AvgIpc) is 3.93. The zero-order chi connectivity index (χ0) is 46.0. The van der Waals surface area contributed by atoms with Gasteiger partial charge in [0.05, 0.1) is 37.2 Å². The molecule has 64 heavy (non-hydrogen) atoms. The molecule has 4 heterocycles. The molecular weight excluding hydrogens is 823 g/mol. The lowest BCUT2D eigenvalue weighted by atomic mass is 9.27. The molecule has 20 atom stereocenters. The first-order valence-electron chi connectivity index (χ1n) is 24.1. The van der Waals surface area contributed by atoms with Gasteiger partial charge in [-0.25, -0.2) is 4.98 Å². The molecule has 4 saturated carbocycles. The molecular formula is C48H75N5O11. The van der Waals surface area contributed by atoms with Crippen LogP contribution in [0.4, 0.5) is 0 Å². The molecule has 7 fully saturated rings. The number of allylic oxidation sites excluding steroid dienone is 2. The molecule has 0 aromatic carbocycles. The highest BCUT2D eigenvalue weighted by molar-refractivity contribution is 5.79. The number of hydrogen-bond donors (Lipinski definition) is 11. The van der Waals surface area contributed by atoms with Crippen LogP contribution in [-0.2, 0) is 19.1 Å². The van der Waals surface area contributed by atoms with Crippen molar-refractivity contribution in [1.82, 2.24) is 20.6 Å². The van der Waals surface area contributed by atoms with Crippen molar-refractivity contribution < 1.29 is 54.8 Å². The predicted molar refractivity (Wildman–Crippen MR) is 233 cm³/mol. The quantitative estimate of drug-likeness (QED) is 0.106. The summed E-state index contributed by atoms with van der Waals surface area (Å²) >= 11 is 0. The second-order valence-electron chi connectivity index (χ2n) is 23.2. The Bertz CT molecular complexity index is 1970. The van der Waals surface area contributed by atoms with E-state index in [9.17, 15) is 45.3 Å². The maximum absolute atomic E-state index is 13.8. The highest BCUT2D eigenvalue weighted by Crippen LogP contribution is 2.80. The summed E-state index contributed by atoms with van der Waals surface area (Å²) in [5.41, 5.74) is 3.16. The molecule has 1 amide bonds. The third-order valence-corrected chi connectivity index (χ3v) is 20.5. The van der Waals surface area contributed by atoms with Crippen molar-refractivity contribution in [2.24, 2.45) is 67.3 Å². The van der Waals surface area contributed by atoms with Gasteiger partial charge < -0.3 is 66.6 Å². The monoisotopic (exact) mass is 898 g/mol. The fourth-order valence-electron chi connectivity index (χ4n) is 16.8. The van der Waals surface area contributed by atoms with E-state index in [4.69, 9.17) is 15.2 Å². The number of H-pyrrole nitrogens is 1. The highest BCUT2D eigenvalue weighted by atomic mass is 16.7. The molecule has 0 radical (unpaired) electrons. The number of nitrogens with one attached hydrogen (secondary N) is 3. The number of carbonyl (C=O) groups is 2. The van der Waals surface area contributed by atoms with Crippen LogP contribution < -0.4 is 16.4 Å². The minimum absolute atomic E-state index is 0.00629. The van der Waals surface area contributed by atoms with Crippen molar-refractivity contribution >= 4 is 11.9 Å². The molecule has 1 aromatic rings. The van der Waals surface area contributed by atoms with Gasteiger partial charge in [-0.1, -0.05) is 46.3 Å². The zero-order valence-electron chi connectivity index (χ0n) is 38.3. The number of carboxylic acids is 1. The van der Waals surface area contributed by atoms with Crippen LogP contribution in [0, 0.1) is 61.6 Å². The van der Waals surface area contributed by atoms with Gasteiger partial charge in [-0.05, 0) is 116 Å². The molecule has 0 spiro atoms. The minimum Gasteiger partial charge on any atom is -0.481 e. The van der Waals surface area contributed by atoms with Gasteiger partial charge in [0, 0.05) is 60.3 Å².